The maximum Gasteiger partial charge on any atom is 0.313 e. The van der Waals surface area contributed by atoms with Crippen LogP contribution in [0.25, 0.3) is 0 Å². The van der Waals surface area contributed by atoms with Gasteiger partial charge in [0.1, 0.15) is 0 Å². The van der Waals surface area contributed by atoms with Crippen molar-refractivity contribution in [2.75, 3.05) is 43.4 Å². The van der Waals surface area contributed by atoms with E-state index in [0.29, 0.717) is 17.3 Å². The molecule has 7 heteroatoms. The van der Waals surface area contributed by atoms with Gasteiger partial charge in [-0.2, -0.15) is 0 Å². The van der Waals surface area contributed by atoms with E-state index in [9.17, 15) is 9.59 Å². The number of likely N-dealkylation sites (tertiary alicyclic amines) is 1. The first-order valence-electron chi connectivity index (χ1n) is 11.4. The number of nitrogens with one attached hydrogen (secondary N) is 2. The number of fused-ring (bicyclic) bond motifs is 1. The third kappa shape index (κ3) is 4.92. The van der Waals surface area contributed by atoms with Crippen molar-refractivity contribution in [3.05, 3.63) is 58.1 Å². The Kier molecular flexibility index (Phi) is 7.01. The van der Waals surface area contributed by atoms with E-state index in [1.807, 2.05) is 6.92 Å². The first-order chi connectivity index (χ1) is 15.4. The molecule has 4 rings (SSSR count). The smallest absolute Gasteiger partial charge is 0.313 e. The van der Waals surface area contributed by atoms with Crippen molar-refractivity contribution in [2.24, 2.45) is 0 Å². The molecule has 1 atom stereocenters. The Morgan fingerprint density at radius 1 is 1.06 bits per heavy atom. The number of hydrogen-bond acceptors (Lipinski definition) is 4. The van der Waals surface area contributed by atoms with E-state index >= 15 is 0 Å². The van der Waals surface area contributed by atoms with Crippen LogP contribution in [0.5, 0.6) is 0 Å². The molecule has 0 spiro atoms. The van der Waals surface area contributed by atoms with Crippen molar-refractivity contribution in [3.8, 4) is 0 Å². The molecule has 0 aliphatic carbocycles. The minimum absolute atomic E-state index is 0.0520. The van der Waals surface area contributed by atoms with Crippen molar-refractivity contribution in [2.45, 2.75) is 38.6 Å². The van der Waals surface area contributed by atoms with Crippen LogP contribution in [-0.2, 0) is 16.0 Å². The predicted octanol–water partition coefficient (Wildman–Crippen LogP) is 3.92. The van der Waals surface area contributed by atoms with Crippen LogP contribution in [-0.4, -0.2) is 49.9 Å². The fourth-order valence-corrected chi connectivity index (χ4v) is 4.85. The molecule has 0 saturated carbocycles. The molecule has 2 aromatic rings. The van der Waals surface area contributed by atoms with Gasteiger partial charge in [0.15, 0.2) is 0 Å². The third-order valence-electron chi connectivity index (χ3n) is 6.63. The molecule has 1 saturated heterocycles. The summed E-state index contributed by atoms with van der Waals surface area (Å²) in [7, 11) is 2.12. The first kappa shape index (κ1) is 22.6. The highest BCUT2D eigenvalue weighted by Gasteiger charge is 2.26. The van der Waals surface area contributed by atoms with E-state index in [0.717, 1.165) is 44.5 Å². The first-order valence-corrected chi connectivity index (χ1v) is 11.7. The van der Waals surface area contributed by atoms with Crippen LogP contribution in [0.3, 0.4) is 0 Å². The molecule has 6 nitrogen and oxygen atoms in total. The molecule has 1 fully saturated rings. The maximum atomic E-state index is 12.6. The number of benzene rings is 2. The number of rotatable bonds is 5. The van der Waals surface area contributed by atoms with Crippen LogP contribution in [0, 0.1) is 6.92 Å². The molecule has 2 aliphatic heterocycles. The van der Waals surface area contributed by atoms with E-state index in [1.54, 1.807) is 18.2 Å². The van der Waals surface area contributed by atoms with Crippen molar-refractivity contribution in [1.29, 1.82) is 0 Å². The summed E-state index contributed by atoms with van der Waals surface area (Å²) in [5, 5.41) is 6.10. The number of amides is 2. The van der Waals surface area contributed by atoms with E-state index < -0.39 is 11.8 Å². The normalized spacial score (nSPS) is 17.0. The quantitative estimate of drug-likeness (QED) is 0.672. The molecule has 0 aromatic heterocycles. The Morgan fingerprint density at radius 2 is 1.84 bits per heavy atom. The highest BCUT2D eigenvalue weighted by atomic mass is 35.5. The summed E-state index contributed by atoms with van der Waals surface area (Å²) in [6.45, 7) is 5.26. The second-order valence-corrected chi connectivity index (χ2v) is 9.16. The molecule has 2 aliphatic rings. The van der Waals surface area contributed by atoms with Gasteiger partial charge in [0.05, 0.1) is 6.04 Å². The van der Waals surface area contributed by atoms with Crippen molar-refractivity contribution in [1.82, 2.24) is 10.2 Å². The summed E-state index contributed by atoms with van der Waals surface area (Å²) >= 11 is 6.12. The average Bonchev–Trinajstić information content (AvgIpc) is 3.17. The van der Waals surface area contributed by atoms with Crippen LogP contribution in [0.4, 0.5) is 11.4 Å². The summed E-state index contributed by atoms with van der Waals surface area (Å²) < 4.78 is 0. The second-order valence-electron chi connectivity index (χ2n) is 8.75. The molecular weight excluding hydrogens is 424 g/mol. The molecule has 2 heterocycles. The zero-order valence-electron chi connectivity index (χ0n) is 18.8. The lowest BCUT2D eigenvalue weighted by molar-refractivity contribution is -0.136. The topological polar surface area (TPSA) is 64.7 Å². The van der Waals surface area contributed by atoms with Crippen molar-refractivity contribution >= 4 is 34.8 Å². The van der Waals surface area contributed by atoms with Gasteiger partial charge < -0.3 is 15.5 Å². The summed E-state index contributed by atoms with van der Waals surface area (Å²) in [5.74, 6) is -1.31. The van der Waals surface area contributed by atoms with E-state index in [4.69, 9.17) is 11.6 Å². The molecule has 0 radical (unpaired) electrons. The van der Waals surface area contributed by atoms with Crippen molar-refractivity contribution in [3.63, 3.8) is 0 Å². The van der Waals surface area contributed by atoms with Crippen molar-refractivity contribution < 1.29 is 9.59 Å². The highest BCUT2D eigenvalue weighted by molar-refractivity contribution is 6.40. The fourth-order valence-electron chi connectivity index (χ4n) is 4.67. The molecule has 0 bridgehead atoms. The minimum Gasteiger partial charge on any atom is -0.374 e. The van der Waals surface area contributed by atoms with Crippen LogP contribution in [0.15, 0.2) is 36.4 Å². The Balaban J connectivity index is 1.46. The number of anilines is 2. The van der Waals surface area contributed by atoms with Gasteiger partial charge in [-0.25, -0.2) is 0 Å². The number of carbonyl (C=O) groups is 2. The van der Waals surface area contributed by atoms with Gasteiger partial charge in [-0.1, -0.05) is 36.2 Å². The van der Waals surface area contributed by atoms with E-state index in [2.05, 4.69) is 45.7 Å². The lowest BCUT2D eigenvalue weighted by Gasteiger charge is -2.35. The zero-order valence-corrected chi connectivity index (χ0v) is 19.5. The van der Waals surface area contributed by atoms with Gasteiger partial charge in [0, 0.05) is 36.5 Å². The van der Waals surface area contributed by atoms with Gasteiger partial charge in [0.25, 0.3) is 0 Å². The molecule has 2 amide bonds. The van der Waals surface area contributed by atoms with E-state index in [-0.39, 0.29) is 6.04 Å². The number of hydrogen-bond donors (Lipinski definition) is 2. The van der Waals surface area contributed by atoms with Crippen LogP contribution in [0.1, 0.15) is 42.0 Å². The average molecular weight is 455 g/mol. The standard InChI is InChI=1S/C25H31ClN4O2/c1-17-20(26)7-6-8-21(17)28-25(32)24(31)27-16-23(30-12-4-3-5-13-30)18-9-10-22-19(15-18)11-14-29(22)2/h6-10,15,23H,3-5,11-14,16H2,1-2H3,(H,27,31)(H,28,32). The predicted molar refractivity (Wildman–Crippen MR) is 129 cm³/mol. The van der Waals surface area contributed by atoms with Gasteiger partial charge in [-0.3, -0.25) is 14.5 Å². The summed E-state index contributed by atoms with van der Waals surface area (Å²) in [4.78, 5) is 29.8. The van der Waals surface area contributed by atoms with E-state index in [1.165, 1.54) is 23.2 Å². The number of halogens is 1. The number of piperidine rings is 1. The number of carbonyl (C=O) groups excluding carboxylic acids is 2. The van der Waals surface area contributed by atoms with Gasteiger partial charge in [0.2, 0.25) is 0 Å². The Hall–Kier alpha value is -2.57. The van der Waals surface area contributed by atoms with Crippen LogP contribution < -0.4 is 15.5 Å². The highest BCUT2D eigenvalue weighted by Crippen LogP contribution is 2.32. The lowest BCUT2D eigenvalue weighted by Crippen LogP contribution is -2.43. The SMILES string of the molecule is Cc1c(Cl)cccc1NC(=O)C(=O)NCC(c1ccc2c(c1)CCN2C)N1CCCCC1. The molecule has 1 unspecified atom stereocenters. The summed E-state index contributed by atoms with van der Waals surface area (Å²) in [6, 6.07) is 11.9. The minimum atomic E-state index is -0.677. The number of nitrogens with zero attached hydrogens (tertiary/aromatic N) is 2. The van der Waals surface area contributed by atoms with Gasteiger partial charge in [-0.15, -0.1) is 0 Å². The second kappa shape index (κ2) is 9.92. The summed E-state index contributed by atoms with van der Waals surface area (Å²) in [5.41, 5.74) is 5.13. The molecule has 2 aromatic carbocycles. The Labute approximate surface area is 194 Å². The largest absolute Gasteiger partial charge is 0.374 e. The Bertz CT molecular complexity index is 1000. The van der Waals surface area contributed by atoms with Gasteiger partial charge in [-0.05, 0) is 74.2 Å². The maximum absolute atomic E-state index is 12.6. The fraction of sp³-hybridized carbons (Fsp3) is 0.440. The Morgan fingerprint density at radius 3 is 2.62 bits per heavy atom. The summed E-state index contributed by atoms with van der Waals surface area (Å²) in [6.07, 6.45) is 4.60. The molecule has 170 valence electrons. The zero-order chi connectivity index (χ0) is 22.7. The van der Waals surface area contributed by atoms with Gasteiger partial charge >= 0.3 is 11.8 Å². The number of likely N-dealkylation sites (N-methyl/N-ethyl adjacent to an activating group) is 1. The molecular formula is C25H31ClN4O2. The molecule has 32 heavy (non-hydrogen) atoms. The molecule has 2 N–H and O–H groups in total. The third-order valence-corrected chi connectivity index (χ3v) is 7.04. The van der Waals surface area contributed by atoms with Crippen LogP contribution in [0.2, 0.25) is 5.02 Å². The van der Waals surface area contributed by atoms with Crippen LogP contribution >= 0.6 is 11.6 Å². The lowest BCUT2D eigenvalue weighted by atomic mass is 9.98. The monoisotopic (exact) mass is 454 g/mol.